The molecule has 0 aliphatic carbocycles. The molecule has 100 valence electrons. The molecule has 2 aromatic carbocycles. The van der Waals surface area contributed by atoms with Crippen molar-refractivity contribution in [1.82, 2.24) is 9.97 Å². The van der Waals surface area contributed by atoms with Crippen LogP contribution in [-0.4, -0.2) is 15.9 Å². The predicted molar refractivity (Wildman–Crippen MR) is 88.2 cm³/mol. The van der Waals surface area contributed by atoms with E-state index in [0.29, 0.717) is 10.6 Å². The molecule has 3 aromatic rings. The number of H-pyrrole nitrogens is 1. The van der Waals surface area contributed by atoms with E-state index in [2.05, 4.69) is 37.9 Å². The first-order valence-electron chi connectivity index (χ1n) is 5.83. The molecule has 6 heteroatoms. The minimum absolute atomic E-state index is 0.165. The highest BCUT2D eigenvalue weighted by atomic mass is 127. The van der Waals surface area contributed by atoms with Crippen LogP contribution in [0.25, 0.3) is 11.0 Å². The number of aromatic amines is 1. The molecule has 0 unspecified atom stereocenters. The molecule has 0 spiro atoms. The lowest BCUT2D eigenvalue weighted by atomic mass is 10.2. The highest BCUT2D eigenvalue weighted by Crippen LogP contribution is 2.23. The third kappa shape index (κ3) is 2.64. The van der Waals surface area contributed by atoms with Crippen molar-refractivity contribution in [2.75, 3.05) is 5.32 Å². The summed E-state index contributed by atoms with van der Waals surface area (Å²) in [7, 11) is 0. The third-order valence-corrected chi connectivity index (χ3v) is 3.99. The Morgan fingerprint density at radius 1 is 1.25 bits per heavy atom. The molecular formula is C14H9ClIN3O. The van der Waals surface area contributed by atoms with Gasteiger partial charge >= 0.3 is 0 Å². The summed E-state index contributed by atoms with van der Waals surface area (Å²) in [6, 6.07) is 10.7. The maximum atomic E-state index is 12.2. The van der Waals surface area contributed by atoms with Crippen LogP contribution in [0.3, 0.4) is 0 Å². The number of nitrogens with zero attached hydrogens (tertiary/aromatic N) is 1. The van der Waals surface area contributed by atoms with Crippen LogP contribution in [-0.2, 0) is 0 Å². The Bertz CT molecular complexity index is 800. The standard InChI is InChI=1S/C14H9ClIN3O/c15-9-2-4-11(10(16)6-9)19-14(20)8-1-3-12-13(5-8)18-7-17-12/h1-7H,(H,17,18)(H,19,20). The van der Waals surface area contributed by atoms with Gasteiger partial charge in [0.2, 0.25) is 0 Å². The van der Waals surface area contributed by atoms with Crippen molar-refractivity contribution in [3.05, 3.63) is 56.9 Å². The Kier molecular flexibility index (Phi) is 3.62. The van der Waals surface area contributed by atoms with Crippen LogP contribution in [0.4, 0.5) is 5.69 Å². The molecule has 0 aliphatic heterocycles. The first-order chi connectivity index (χ1) is 9.63. The maximum Gasteiger partial charge on any atom is 0.255 e. The van der Waals surface area contributed by atoms with Crippen molar-refractivity contribution >= 4 is 56.8 Å². The fourth-order valence-corrected chi connectivity index (χ4v) is 2.87. The quantitative estimate of drug-likeness (QED) is 0.640. The largest absolute Gasteiger partial charge is 0.345 e. The maximum absolute atomic E-state index is 12.2. The number of hydrogen-bond acceptors (Lipinski definition) is 2. The zero-order valence-corrected chi connectivity index (χ0v) is 13.1. The number of anilines is 1. The number of fused-ring (bicyclic) bond motifs is 1. The summed E-state index contributed by atoms with van der Waals surface area (Å²) in [6.45, 7) is 0. The summed E-state index contributed by atoms with van der Waals surface area (Å²) >= 11 is 8.03. The molecule has 0 saturated heterocycles. The van der Waals surface area contributed by atoms with Gasteiger partial charge in [-0.15, -0.1) is 0 Å². The van der Waals surface area contributed by atoms with E-state index in [1.807, 2.05) is 6.07 Å². The van der Waals surface area contributed by atoms with E-state index in [1.165, 1.54) is 0 Å². The summed E-state index contributed by atoms with van der Waals surface area (Å²) in [5, 5.41) is 3.52. The molecule has 3 rings (SSSR count). The van der Waals surface area contributed by atoms with Crippen LogP contribution >= 0.6 is 34.2 Å². The second kappa shape index (κ2) is 5.41. The van der Waals surface area contributed by atoms with Gasteiger partial charge in [-0.1, -0.05) is 11.6 Å². The number of rotatable bonds is 2. The number of aromatic nitrogens is 2. The lowest BCUT2D eigenvalue weighted by Crippen LogP contribution is -2.12. The normalized spacial score (nSPS) is 10.7. The van der Waals surface area contributed by atoms with E-state index in [-0.39, 0.29) is 5.91 Å². The number of carbonyl (C=O) groups is 1. The van der Waals surface area contributed by atoms with Crippen molar-refractivity contribution in [2.45, 2.75) is 0 Å². The third-order valence-electron chi connectivity index (χ3n) is 2.86. The van der Waals surface area contributed by atoms with Crippen LogP contribution < -0.4 is 5.32 Å². The number of amides is 1. The van der Waals surface area contributed by atoms with E-state index in [1.54, 1.807) is 36.7 Å². The van der Waals surface area contributed by atoms with Gasteiger partial charge in [-0.05, 0) is 59.0 Å². The topological polar surface area (TPSA) is 57.8 Å². The smallest absolute Gasteiger partial charge is 0.255 e. The van der Waals surface area contributed by atoms with E-state index in [9.17, 15) is 4.79 Å². The summed E-state index contributed by atoms with van der Waals surface area (Å²) in [4.78, 5) is 19.3. The monoisotopic (exact) mass is 397 g/mol. The van der Waals surface area contributed by atoms with Crippen LogP contribution in [0.2, 0.25) is 5.02 Å². The Morgan fingerprint density at radius 3 is 2.90 bits per heavy atom. The zero-order chi connectivity index (χ0) is 14.1. The number of halogens is 2. The fourth-order valence-electron chi connectivity index (χ4n) is 1.86. The number of hydrogen-bond donors (Lipinski definition) is 2. The van der Waals surface area contributed by atoms with Crippen molar-refractivity contribution in [2.24, 2.45) is 0 Å². The van der Waals surface area contributed by atoms with Gasteiger partial charge in [0.05, 0.1) is 23.0 Å². The molecule has 0 bridgehead atoms. The van der Waals surface area contributed by atoms with Gasteiger partial charge in [-0.2, -0.15) is 0 Å². The van der Waals surface area contributed by atoms with E-state index >= 15 is 0 Å². The Hall–Kier alpha value is -1.60. The van der Waals surface area contributed by atoms with Crippen LogP contribution in [0, 0.1) is 3.57 Å². The van der Waals surface area contributed by atoms with Crippen molar-refractivity contribution in [3.8, 4) is 0 Å². The van der Waals surface area contributed by atoms with Gasteiger partial charge in [0.25, 0.3) is 5.91 Å². The summed E-state index contributed by atoms with van der Waals surface area (Å²) in [6.07, 6.45) is 1.61. The minimum atomic E-state index is -0.165. The van der Waals surface area contributed by atoms with E-state index in [4.69, 9.17) is 11.6 Å². The Morgan fingerprint density at radius 2 is 2.10 bits per heavy atom. The van der Waals surface area contributed by atoms with Gasteiger partial charge in [-0.3, -0.25) is 4.79 Å². The molecule has 1 amide bonds. The molecule has 0 atom stereocenters. The Labute approximate surface area is 133 Å². The minimum Gasteiger partial charge on any atom is -0.345 e. The number of imidazole rings is 1. The molecule has 1 heterocycles. The molecule has 4 nitrogen and oxygen atoms in total. The summed E-state index contributed by atoms with van der Waals surface area (Å²) in [5.41, 5.74) is 2.99. The average Bonchev–Trinajstić information content (AvgIpc) is 2.89. The van der Waals surface area contributed by atoms with Crippen LogP contribution in [0.15, 0.2) is 42.7 Å². The van der Waals surface area contributed by atoms with E-state index in [0.717, 1.165) is 20.3 Å². The molecule has 1 aromatic heterocycles. The number of carbonyl (C=O) groups excluding carboxylic acids is 1. The highest BCUT2D eigenvalue weighted by molar-refractivity contribution is 14.1. The molecular weight excluding hydrogens is 389 g/mol. The molecule has 2 N–H and O–H groups in total. The molecule has 0 saturated carbocycles. The molecule has 0 aliphatic rings. The second-order valence-electron chi connectivity index (χ2n) is 4.21. The lowest BCUT2D eigenvalue weighted by Gasteiger charge is -2.07. The van der Waals surface area contributed by atoms with Crippen molar-refractivity contribution < 1.29 is 4.79 Å². The summed E-state index contributed by atoms with van der Waals surface area (Å²) in [5.74, 6) is -0.165. The first kappa shape index (κ1) is 13.4. The zero-order valence-electron chi connectivity index (χ0n) is 10.2. The van der Waals surface area contributed by atoms with Crippen LogP contribution in [0.1, 0.15) is 10.4 Å². The SMILES string of the molecule is O=C(Nc1ccc(Cl)cc1I)c1ccc2nc[nH]c2c1. The molecule has 0 radical (unpaired) electrons. The predicted octanol–water partition coefficient (Wildman–Crippen LogP) is 4.07. The van der Waals surface area contributed by atoms with Gasteiger partial charge in [0.15, 0.2) is 0 Å². The lowest BCUT2D eigenvalue weighted by molar-refractivity contribution is 0.102. The number of nitrogens with one attached hydrogen (secondary N) is 2. The first-order valence-corrected chi connectivity index (χ1v) is 7.29. The van der Waals surface area contributed by atoms with Crippen molar-refractivity contribution in [3.63, 3.8) is 0 Å². The Balaban J connectivity index is 1.88. The fraction of sp³-hybridized carbons (Fsp3) is 0. The van der Waals surface area contributed by atoms with Gasteiger partial charge < -0.3 is 10.3 Å². The van der Waals surface area contributed by atoms with Crippen LogP contribution in [0.5, 0.6) is 0 Å². The molecule has 0 fully saturated rings. The van der Waals surface area contributed by atoms with Gasteiger partial charge in [0.1, 0.15) is 0 Å². The number of benzene rings is 2. The van der Waals surface area contributed by atoms with E-state index < -0.39 is 0 Å². The average molecular weight is 398 g/mol. The highest BCUT2D eigenvalue weighted by Gasteiger charge is 2.09. The van der Waals surface area contributed by atoms with Gasteiger partial charge in [-0.25, -0.2) is 4.98 Å². The second-order valence-corrected chi connectivity index (χ2v) is 5.81. The van der Waals surface area contributed by atoms with Crippen molar-refractivity contribution in [1.29, 1.82) is 0 Å². The molecule has 20 heavy (non-hydrogen) atoms. The summed E-state index contributed by atoms with van der Waals surface area (Å²) < 4.78 is 0.895. The van der Waals surface area contributed by atoms with Gasteiger partial charge in [0, 0.05) is 14.2 Å².